The van der Waals surface area contributed by atoms with Gasteiger partial charge in [-0.25, -0.2) is 4.79 Å². The molecule has 0 bridgehead atoms. The van der Waals surface area contributed by atoms with Crippen molar-refractivity contribution >= 4 is 23.6 Å². The molecule has 1 fully saturated rings. The smallest absolute Gasteiger partial charge is 0.416 e. The average Bonchev–Trinajstić information content (AvgIpc) is 2.88. The summed E-state index contributed by atoms with van der Waals surface area (Å²) in [6.07, 6.45) is -4.24. The van der Waals surface area contributed by atoms with Crippen LogP contribution in [0.2, 0.25) is 0 Å². The molecule has 2 N–H and O–H groups in total. The Kier molecular flexibility index (Phi) is 4.69. The Morgan fingerprint density at radius 2 is 1.91 bits per heavy atom. The lowest BCUT2D eigenvalue weighted by Crippen LogP contribution is -2.55. The van der Waals surface area contributed by atoms with Crippen LogP contribution in [0, 0.1) is 0 Å². The Balaban J connectivity index is 2.01. The summed E-state index contributed by atoms with van der Waals surface area (Å²) in [7, 11) is 0. The first kappa shape index (κ1) is 16.7. The third-order valence-corrected chi connectivity index (χ3v) is 4.65. The largest absolute Gasteiger partial charge is 0.479 e. The summed E-state index contributed by atoms with van der Waals surface area (Å²) in [6.45, 7) is 0. The van der Waals surface area contributed by atoms with Gasteiger partial charge in [-0.2, -0.15) is 24.9 Å². The van der Waals surface area contributed by atoms with Crippen molar-refractivity contribution in [3.8, 4) is 0 Å². The number of hydrogen-bond acceptors (Lipinski definition) is 3. The van der Waals surface area contributed by atoms with Crippen LogP contribution < -0.4 is 5.32 Å². The van der Waals surface area contributed by atoms with Crippen LogP contribution in [0.3, 0.4) is 0 Å². The third-order valence-electron chi connectivity index (χ3n) is 3.46. The van der Waals surface area contributed by atoms with E-state index in [2.05, 4.69) is 5.32 Å². The van der Waals surface area contributed by atoms with E-state index in [1.165, 1.54) is 23.9 Å². The summed E-state index contributed by atoms with van der Waals surface area (Å²) >= 11 is 1.44. The molecule has 1 atom stereocenters. The minimum absolute atomic E-state index is 0.155. The number of carboxylic acids is 1. The van der Waals surface area contributed by atoms with Crippen molar-refractivity contribution in [1.82, 2.24) is 5.32 Å². The van der Waals surface area contributed by atoms with E-state index >= 15 is 0 Å². The highest BCUT2D eigenvalue weighted by atomic mass is 32.2. The normalized spacial score (nSPS) is 21.6. The number of halogens is 3. The molecule has 0 unspecified atom stereocenters. The predicted octanol–water partition coefficient (Wildman–Crippen LogP) is 2.32. The minimum atomic E-state index is -4.42. The fraction of sp³-hybridized carbons (Fsp3) is 0.429. The number of benzene rings is 1. The molecule has 0 spiro atoms. The Hall–Kier alpha value is -1.70. The Bertz CT molecular complexity index is 566. The Morgan fingerprint density at radius 1 is 1.27 bits per heavy atom. The standard InChI is InChI=1S/C14H14F3NO3S/c15-14(16,17)10-3-1-9(2-4-10)7-11(19)18-13(12(20)21)5-6-22-8-13/h1-4H,5-8H2,(H,18,19)(H,20,21)/t13-/m1/s1. The highest BCUT2D eigenvalue weighted by molar-refractivity contribution is 7.99. The second-order valence-electron chi connectivity index (χ2n) is 5.11. The second-order valence-corrected chi connectivity index (χ2v) is 6.21. The van der Waals surface area contributed by atoms with Crippen molar-refractivity contribution in [1.29, 1.82) is 0 Å². The molecule has 1 aromatic rings. The zero-order chi connectivity index (χ0) is 16.4. The minimum Gasteiger partial charge on any atom is -0.479 e. The lowest BCUT2D eigenvalue weighted by Gasteiger charge is -2.24. The topological polar surface area (TPSA) is 66.4 Å². The van der Waals surface area contributed by atoms with Gasteiger partial charge in [0.25, 0.3) is 0 Å². The number of carbonyl (C=O) groups excluding carboxylic acids is 1. The van der Waals surface area contributed by atoms with Crippen LogP contribution >= 0.6 is 11.8 Å². The van der Waals surface area contributed by atoms with Gasteiger partial charge in [0.05, 0.1) is 12.0 Å². The van der Waals surface area contributed by atoms with E-state index in [1.54, 1.807) is 0 Å². The molecule has 8 heteroatoms. The summed E-state index contributed by atoms with van der Waals surface area (Å²) in [5, 5.41) is 11.8. The number of carbonyl (C=O) groups is 2. The average molecular weight is 333 g/mol. The van der Waals surface area contributed by atoms with Gasteiger partial charge in [0.1, 0.15) is 5.54 Å². The van der Waals surface area contributed by atoms with Crippen LogP contribution in [0.15, 0.2) is 24.3 Å². The van der Waals surface area contributed by atoms with Crippen LogP contribution in [0.4, 0.5) is 13.2 Å². The van der Waals surface area contributed by atoms with Gasteiger partial charge in [0.2, 0.25) is 5.91 Å². The zero-order valence-electron chi connectivity index (χ0n) is 11.4. The van der Waals surface area contributed by atoms with Crippen molar-refractivity contribution in [3.05, 3.63) is 35.4 Å². The number of hydrogen-bond donors (Lipinski definition) is 2. The monoisotopic (exact) mass is 333 g/mol. The maximum absolute atomic E-state index is 12.4. The molecular formula is C14H14F3NO3S. The number of carboxylic acid groups (broad SMARTS) is 1. The molecule has 4 nitrogen and oxygen atoms in total. The highest BCUT2D eigenvalue weighted by Crippen LogP contribution is 2.30. The highest BCUT2D eigenvalue weighted by Gasteiger charge is 2.43. The van der Waals surface area contributed by atoms with Gasteiger partial charge in [-0.3, -0.25) is 4.79 Å². The van der Waals surface area contributed by atoms with Crippen LogP contribution in [0.25, 0.3) is 0 Å². The van der Waals surface area contributed by atoms with Gasteiger partial charge in [-0.05, 0) is 29.9 Å². The molecule has 0 saturated carbocycles. The van der Waals surface area contributed by atoms with Gasteiger partial charge in [0.15, 0.2) is 0 Å². The first-order chi connectivity index (χ1) is 10.2. The molecule has 0 aromatic heterocycles. The maximum atomic E-state index is 12.4. The molecule has 0 aliphatic carbocycles. The third kappa shape index (κ3) is 3.73. The lowest BCUT2D eigenvalue weighted by atomic mass is 9.98. The summed E-state index contributed by atoms with van der Waals surface area (Å²) in [4.78, 5) is 23.3. The molecule has 1 heterocycles. The summed E-state index contributed by atoms with van der Waals surface area (Å²) < 4.78 is 37.3. The molecule has 1 saturated heterocycles. The number of thioether (sulfide) groups is 1. The fourth-order valence-electron chi connectivity index (χ4n) is 2.19. The van der Waals surface area contributed by atoms with Crippen molar-refractivity contribution in [2.24, 2.45) is 0 Å². The SMILES string of the molecule is O=C(Cc1ccc(C(F)(F)F)cc1)N[C@]1(C(=O)O)CCSC1. The maximum Gasteiger partial charge on any atom is 0.416 e. The summed E-state index contributed by atoms with van der Waals surface area (Å²) in [5.41, 5.74) is -1.66. The van der Waals surface area contributed by atoms with Crippen LogP contribution in [0.1, 0.15) is 17.5 Å². The molecule has 22 heavy (non-hydrogen) atoms. The first-order valence-electron chi connectivity index (χ1n) is 6.51. The number of rotatable bonds is 4. The van der Waals surface area contributed by atoms with Crippen molar-refractivity contribution in [2.75, 3.05) is 11.5 Å². The quantitative estimate of drug-likeness (QED) is 0.887. The lowest BCUT2D eigenvalue weighted by molar-refractivity contribution is -0.146. The van der Waals surface area contributed by atoms with Crippen molar-refractivity contribution in [2.45, 2.75) is 24.6 Å². The molecule has 1 amide bonds. The molecule has 1 aliphatic rings. The zero-order valence-corrected chi connectivity index (χ0v) is 12.3. The van der Waals surface area contributed by atoms with Crippen molar-refractivity contribution < 1.29 is 27.9 Å². The van der Waals surface area contributed by atoms with Crippen LogP contribution in [-0.4, -0.2) is 34.0 Å². The van der Waals surface area contributed by atoms with Gasteiger partial charge in [-0.1, -0.05) is 12.1 Å². The summed E-state index contributed by atoms with van der Waals surface area (Å²) in [5.74, 6) is -0.656. The number of amides is 1. The number of aliphatic carboxylic acids is 1. The van der Waals surface area contributed by atoms with Crippen molar-refractivity contribution in [3.63, 3.8) is 0 Å². The Morgan fingerprint density at radius 3 is 2.36 bits per heavy atom. The molecule has 2 rings (SSSR count). The van der Waals surface area contributed by atoms with Crippen LogP contribution in [0.5, 0.6) is 0 Å². The van der Waals surface area contributed by atoms with E-state index in [0.717, 1.165) is 12.1 Å². The molecule has 1 aliphatic heterocycles. The van der Waals surface area contributed by atoms with Gasteiger partial charge < -0.3 is 10.4 Å². The van der Waals surface area contributed by atoms with E-state index in [1.807, 2.05) is 0 Å². The Labute approximate surface area is 129 Å². The van der Waals surface area contributed by atoms with E-state index in [0.29, 0.717) is 23.5 Å². The van der Waals surface area contributed by atoms with Gasteiger partial charge in [-0.15, -0.1) is 0 Å². The molecule has 120 valence electrons. The fourth-order valence-corrected chi connectivity index (χ4v) is 3.52. The van der Waals surface area contributed by atoms with Crippen LogP contribution in [-0.2, 0) is 22.2 Å². The second kappa shape index (κ2) is 6.20. The molecule has 0 radical (unpaired) electrons. The predicted molar refractivity (Wildman–Crippen MR) is 75.6 cm³/mol. The van der Waals surface area contributed by atoms with E-state index in [9.17, 15) is 27.9 Å². The molecular weight excluding hydrogens is 319 g/mol. The first-order valence-corrected chi connectivity index (χ1v) is 7.67. The summed E-state index contributed by atoms with van der Waals surface area (Å²) in [6, 6.07) is 4.25. The number of nitrogens with one attached hydrogen (secondary N) is 1. The van der Waals surface area contributed by atoms with Gasteiger partial charge >= 0.3 is 12.1 Å². The van der Waals surface area contributed by atoms with E-state index < -0.39 is 29.2 Å². The van der Waals surface area contributed by atoms with Gasteiger partial charge in [0, 0.05) is 5.75 Å². The van der Waals surface area contributed by atoms with E-state index in [4.69, 9.17) is 0 Å². The van der Waals surface area contributed by atoms with E-state index in [-0.39, 0.29) is 6.42 Å². The molecule has 1 aromatic carbocycles. The number of alkyl halides is 3.